The third-order valence-electron chi connectivity index (χ3n) is 3.36. The molecular formula is C16H18ClNO3. The largest absolute Gasteiger partial charge is 0.452 e. The zero-order chi connectivity index (χ0) is 15.2. The minimum atomic E-state index is -0.831. The lowest BCUT2D eigenvalue weighted by atomic mass is 9.95. The highest BCUT2D eigenvalue weighted by Gasteiger charge is 2.25. The lowest BCUT2D eigenvalue weighted by Crippen LogP contribution is -2.32. The third-order valence-corrected chi connectivity index (χ3v) is 3.59. The summed E-state index contributed by atoms with van der Waals surface area (Å²) in [6, 6.07) is 6.82. The van der Waals surface area contributed by atoms with Crippen LogP contribution in [0.25, 0.3) is 0 Å². The summed E-state index contributed by atoms with van der Waals surface area (Å²) < 4.78 is 5.24. The van der Waals surface area contributed by atoms with Gasteiger partial charge in [0.1, 0.15) is 0 Å². The molecule has 0 bridgehead atoms. The number of halogens is 1. The smallest absolute Gasteiger partial charge is 0.310 e. The summed E-state index contributed by atoms with van der Waals surface area (Å²) in [5, 5.41) is 3.21. The molecule has 21 heavy (non-hydrogen) atoms. The lowest BCUT2D eigenvalue weighted by Gasteiger charge is -2.19. The van der Waals surface area contributed by atoms with Crippen LogP contribution in [0.15, 0.2) is 36.4 Å². The monoisotopic (exact) mass is 307 g/mol. The number of allylic oxidation sites excluding steroid dienone is 2. The van der Waals surface area contributed by atoms with Gasteiger partial charge in [-0.3, -0.25) is 9.59 Å². The van der Waals surface area contributed by atoms with Crippen molar-refractivity contribution in [3.63, 3.8) is 0 Å². The predicted octanol–water partition coefficient (Wildman–Crippen LogP) is 3.57. The van der Waals surface area contributed by atoms with Gasteiger partial charge in [0.2, 0.25) is 0 Å². The number of esters is 1. The molecule has 4 nitrogen and oxygen atoms in total. The molecule has 2 atom stereocenters. The Morgan fingerprint density at radius 3 is 2.86 bits per heavy atom. The summed E-state index contributed by atoms with van der Waals surface area (Å²) in [6.45, 7) is 1.57. The molecule has 112 valence electrons. The third kappa shape index (κ3) is 4.60. The van der Waals surface area contributed by atoms with Gasteiger partial charge in [-0.05, 0) is 44.4 Å². The lowest BCUT2D eigenvalue weighted by molar-refractivity contribution is -0.157. The SMILES string of the molecule is C[C@@H](OC(=O)[C@H]1CC=CCC1)C(=O)Nc1cccc(Cl)c1. The van der Waals surface area contributed by atoms with Crippen molar-refractivity contribution in [1.29, 1.82) is 0 Å². The van der Waals surface area contributed by atoms with Crippen LogP contribution in [0.4, 0.5) is 5.69 Å². The molecule has 0 fully saturated rings. The van der Waals surface area contributed by atoms with Gasteiger partial charge in [-0.1, -0.05) is 29.8 Å². The molecule has 1 aliphatic rings. The molecular weight excluding hydrogens is 290 g/mol. The first kappa shape index (κ1) is 15.6. The number of anilines is 1. The van der Waals surface area contributed by atoms with Crippen LogP contribution in [0.1, 0.15) is 26.2 Å². The number of nitrogens with one attached hydrogen (secondary N) is 1. The fourth-order valence-corrected chi connectivity index (χ4v) is 2.33. The maximum Gasteiger partial charge on any atom is 0.310 e. The summed E-state index contributed by atoms with van der Waals surface area (Å²) >= 11 is 5.85. The van der Waals surface area contributed by atoms with Crippen LogP contribution in [-0.4, -0.2) is 18.0 Å². The maximum atomic E-state index is 12.0. The van der Waals surface area contributed by atoms with Gasteiger partial charge in [0.05, 0.1) is 5.92 Å². The number of amides is 1. The van der Waals surface area contributed by atoms with Crippen LogP contribution in [0.2, 0.25) is 5.02 Å². The zero-order valence-corrected chi connectivity index (χ0v) is 12.6. The van der Waals surface area contributed by atoms with E-state index in [1.807, 2.05) is 6.08 Å². The van der Waals surface area contributed by atoms with E-state index in [9.17, 15) is 9.59 Å². The number of hydrogen-bond donors (Lipinski definition) is 1. The molecule has 0 aromatic heterocycles. The van der Waals surface area contributed by atoms with Gasteiger partial charge >= 0.3 is 5.97 Å². The molecule has 1 aromatic rings. The van der Waals surface area contributed by atoms with E-state index in [1.54, 1.807) is 31.2 Å². The predicted molar refractivity (Wildman–Crippen MR) is 82.1 cm³/mol. The Balaban J connectivity index is 1.87. The topological polar surface area (TPSA) is 55.4 Å². The van der Waals surface area contributed by atoms with Gasteiger partial charge in [0.25, 0.3) is 5.91 Å². The first-order chi connectivity index (χ1) is 10.1. The zero-order valence-electron chi connectivity index (χ0n) is 11.8. The average Bonchev–Trinajstić information content (AvgIpc) is 2.48. The van der Waals surface area contributed by atoms with Crippen molar-refractivity contribution in [3.05, 3.63) is 41.4 Å². The van der Waals surface area contributed by atoms with Gasteiger partial charge in [-0.25, -0.2) is 0 Å². The van der Waals surface area contributed by atoms with Gasteiger partial charge in [0.15, 0.2) is 6.10 Å². The molecule has 0 spiro atoms. The van der Waals surface area contributed by atoms with E-state index in [2.05, 4.69) is 11.4 Å². The van der Waals surface area contributed by atoms with Crippen LogP contribution in [0.3, 0.4) is 0 Å². The number of rotatable bonds is 4. The first-order valence-corrected chi connectivity index (χ1v) is 7.36. The van der Waals surface area contributed by atoms with Gasteiger partial charge in [0, 0.05) is 10.7 Å². The number of hydrogen-bond acceptors (Lipinski definition) is 3. The second-order valence-corrected chi connectivity index (χ2v) is 5.50. The standard InChI is InChI=1S/C16H18ClNO3/c1-11(21-16(20)12-6-3-2-4-7-12)15(19)18-14-9-5-8-13(17)10-14/h2-3,5,8-12H,4,6-7H2,1H3,(H,18,19)/t11-,12+/m1/s1. The Labute approximate surface area is 129 Å². The normalized spacial score (nSPS) is 18.9. The molecule has 0 saturated heterocycles. The van der Waals surface area contributed by atoms with Crippen LogP contribution in [-0.2, 0) is 14.3 Å². The van der Waals surface area contributed by atoms with E-state index in [0.29, 0.717) is 17.1 Å². The molecule has 0 aliphatic heterocycles. The summed E-state index contributed by atoms with van der Waals surface area (Å²) in [7, 11) is 0. The Morgan fingerprint density at radius 2 is 2.19 bits per heavy atom. The summed E-state index contributed by atoms with van der Waals surface area (Å²) in [5.74, 6) is -0.818. The molecule has 0 radical (unpaired) electrons. The molecule has 2 rings (SSSR count). The summed E-state index contributed by atoms with van der Waals surface area (Å²) in [4.78, 5) is 24.0. The van der Waals surface area contributed by atoms with Crippen molar-refractivity contribution in [2.24, 2.45) is 5.92 Å². The van der Waals surface area contributed by atoms with Crippen molar-refractivity contribution in [2.75, 3.05) is 5.32 Å². The fraction of sp³-hybridized carbons (Fsp3) is 0.375. The van der Waals surface area contributed by atoms with Gasteiger partial charge in [-0.2, -0.15) is 0 Å². The van der Waals surface area contributed by atoms with E-state index >= 15 is 0 Å². The number of ether oxygens (including phenoxy) is 1. The van der Waals surface area contributed by atoms with E-state index in [4.69, 9.17) is 16.3 Å². The van der Waals surface area contributed by atoms with Crippen molar-refractivity contribution in [1.82, 2.24) is 0 Å². The van der Waals surface area contributed by atoms with Crippen LogP contribution in [0.5, 0.6) is 0 Å². The van der Waals surface area contributed by atoms with Crippen molar-refractivity contribution < 1.29 is 14.3 Å². The van der Waals surface area contributed by atoms with E-state index in [1.165, 1.54) is 0 Å². The minimum Gasteiger partial charge on any atom is -0.452 e. The molecule has 1 N–H and O–H groups in total. The van der Waals surface area contributed by atoms with Crippen LogP contribution < -0.4 is 5.32 Å². The minimum absolute atomic E-state index is 0.142. The highest BCUT2D eigenvalue weighted by atomic mass is 35.5. The van der Waals surface area contributed by atoms with E-state index in [0.717, 1.165) is 12.8 Å². The Morgan fingerprint density at radius 1 is 1.38 bits per heavy atom. The second-order valence-electron chi connectivity index (χ2n) is 5.06. The highest BCUT2D eigenvalue weighted by molar-refractivity contribution is 6.30. The summed E-state index contributed by atoms with van der Waals surface area (Å²) in [6.07, 6.45) is 5.54. The Kier molecular flexibility index (Phi) is 5.39. The number of benzene rings is 1. The van der Waals surface area contributed by atoms with Crippen molar-refractivity contribution >= 4 is 29.2 Å². The quantitative estimate of drug-likeness (QED) is 0.683. The first-order valence-electron chi connectivity index (χ1n) is 6.98. The van der Waals surface area contributed by atoms with Crippen LogP contribution >= 0.6 is 11.6 Å². The average molecular weight is 308 g/mol. The molecule has 0 heterocycles. The van der Waals surface area contributed by atoms with Crippen LogP contribution in [0, 0.1) is 5.92 Å². The molecule has 0 saturated carbocycles. The number of carbonyl (C=O) groups is 2. The van der Waals surface area contributed by atoms with Crippen molar-refractivity contribution in [3.8, 4) is 0 Å². The second kappa shape index (κ2) is 7.27. The fourth-order valence-electron chi connectivity index (χ4n) is 2.14. The van der Waals surface area contributed by atoms with E-state index in [-0.39, 0.29) is 17.8 Å². The Bertz CT molecular complexity index is 556. The Hall–Kier alpha value is -1.81. The highest BCUT2D eigenvalue weighted by Crippen LogP contribution is 2.20. The van der Waals surface area contributed by atoms with Crippen molar-refractivity contribution in [2.45, 2.75) is 32.3 Å². The molecule has 1 aliphatic carbocycles. The van der Waals surface area contributed by atoms with Gasteiger partial charge < -0.3 is 10.1 Å². The van der Waals surface area contributed by atoms with E-state index < -0.39 is 6.10 Å². The maximum absolute atomic E-state index is 12.0. The molecule has 1 amide bonds. The molecule has 5 heteroatoms. The summed E-state index contributed by atoms with van der Waals surface area (Å²) in [5.41, 5.74) is 0.580. The molecule has 1 aromatic carbocycles. The number of carbonyl (C=O) groups excluding carboxylic acids is 2. The molecule has 0 unspecified atom stereocenters. The van der Waals surface area contributed by atoms with Gasteiger partial charge in [-0.15, -0.1) is 0 Å².